The van der Waals surface area contributed by atoms with E-state index in [4.69, 9.17) is 10.5 Å². The molecule has 1 aromatic carbocycles. The van der Waals surface area contributed by atoms with E-state index in [9.17, 15) is 4.79 Å². The third kappa shape index (κ3) is 5.47. The predicted molar refractivity (Wildman–Crippen MR) is 67.3 cm³/mol. The van der Waals surface area contributed by atoms with Gasteiger partial charge in [-0.25, -0.2) is 0 Å². The van der Waals surface area contributed by atoms with Crippen molar-refractivity contribution in [2.24, 2.45) is 5.73 Å². The average molecular weight is 236 g/mol. The lowest BCUT2D eigenvalue weighted by molar-refractivity contribution is -0.122. The lowest BCUT2D eigenvalue weighted by atomic mass is 10.1. The predicted octanol–water partition coefficient (Wildman–Crippen LogP) is 1.19. The summed E-state index contributed by atoms with van der Waals surface area (Å²) in [6, 6.07) is 7.90. The molecule has 1 rings (SSSR count). The Morgan fingerprint density at radius 1 is 1.41 bits per heavy atom. The average Bonchev–Trinajstić information content (AvgIpc) is 2.37. The summed E-state index contributed by atoms with van der Waals surface area (Å²) in [5.74, 6) is 0.0107. The molecule has 0 saturated heterocycles. The maximum absolute atomic E-state index is 11.4. The van der Waals surface area contributed by atoms with Crippen molar-refractivity contribution >= 4 is 5.91 Å². The van der Waals surface area contributed by atoms with E-state index in [1.54, 1.807) is 0 Å². The highest BCUT2D eigenvalue weighted by Crippen LogP contribution is 2.04. The normalized spacial score (nSPS) is 10.2. The standard InChI is InChI=1S/C13H20N2O2/c1-2-17-7-6-13(16)15-10-12-5-3-4-11(8-12)9-14/h3-5,8H,2,6-7,9-10,14H2,1H3,(H,15,16). The molecular weight excluding hydrogens is 216 g/mol. The van der Waals surface area contributed by atoms with Gasteiger partial charge in [0, 0.05) is 26.1 Å². The van der Waals surface area contributed by atoms with Crippen LogP contribution in [0.1, 0.15) is 24.5 Å². The number of carbonyl (C=O) groups is 1. The van der Waals surface area contributed by atoms with Gasteiger partial charge in [-0.05, 0) is 18.1 Å². The molecule has 17 heavy (non-hydrogen) atoms. The highest BCUT2D eigenvalue weighted by molar-refractivity contribution is 5.75. The summed E-state index contributed by atoms with van der Waals surface area (Å²) in [6.45, 7) is 4.10. The van der Waals surface area contributed by atoms with Crippen LogP contribution in [0.15, 0.2) is 24.3 Å². The number of hydrogen-bond donors (Lipinski definition) is 2. The number of nitrogens with two attached hydrogens (primary N) is 1. The first-order valence-electron chi connectivity index (χ1n) is 5.88. The van der Waals surface area contributed by atoms with Crippen LogP contribution in [0.4, 0.5) is 0 Å². The molecule has 0 aromatic heterocycles. The van der Waals surface area contributed by atoms with Crippen molar-refractivity contribution in [3.8, 4) is 0 Å². The topological polar surface area (TPSA) is 64.3 Å². The maximum atomic E-state index is 11.4. The summed E-state index contributed by atoms with van der Waals surface area (Å²) in [7, 11) is 0. The van der Waals surface area contributed by atoms with E-state index < -0.39 is 0 Å². The van der Waals surface area contributed by atoms with E-state index in [2.05, 4.69) is 5.32 Å². The first-order chi connectivity index (χ1) is 8.26. The van der Waals surface area contributed by atoms with Crippen LogP contribution < -0.4 is 11.1 Å². The molecule has 0 heterocycles. The molecule has 4 nitrogen and oxygen atoms in total. The van der Waals surface area contributed by atoms with Crippen molar-refractivity contribution in [1.82, 2.24) is 5.32 Å². The second-order valence-corrected chi connectivity index (χ2v) is 3.75. The molecule has 0 fully saturated rings. The lowest BCUT2D eigenvalue weighted by Gasteiger charge is -2.06. The Balaban J connectivity index is 2.31. The second-order valence-electron chi connectivity index (χ2n) is 3.75. The number of ether oxygens (including phenoxy) is 1. The van der Waals surface area contributed by atoms with Crippen LogP contribution in [0.2, 0.25) is 0 Å². The fourth-order valence-electron chi connectivity index (χ4n) is 1.46. The molecule has 1 amide bonds. The van der Waals surface area contributed by atoms with Gasteiger partial charge in [-0.3, -0.25) is 4.79 Å². The Labute approximate surface area is 102 Å². The smallest absolute Gasteiger partial charge is 0.222 e. The second kappa shape index (κ2) is 7.81. The first-order valence-corrected chi connectivity index (χ1v) is 5.88. The molecule has 0 spiro atoms. The van der Waals surface area contributed by atoms with Gasteiger partial charge in [0.05, 0.1) is 6.61 Å². The molecule has 1 aromatic rings. The van der Waals surface area contributed by atoms with Crippen molar-refractivity contribution in [1.29, 1.82) is 0 Å². The van der Waals surface area contributed by atoms with E-state index in [-0.39, 0.29) is 5.91 Å². The van der Waals surface area contributed by atoms with Gasteiger partial charge in [0.1, 0.15) is 0 Å². The zero-order valence-electron chi connectivity index (χ0n) is 10.2. The molecule has 0 aliphatic rings. The first kappa shape index (κ1) is 13.7. The molecule has 0 atom stereocenters. The van der Waals surface area contributed by atoms with Crippen LogP contribution in [0.3, 0.4) is 0 Å². The minimum atomic E-state index is 0.0107. The van der Waals surface area contributed by atoms with Gasteiger partial charge >= 0.3 is 0 Å². The van der Waals surface area contributed by atoms with Crippen molar-refractivity contribution in [2.45, 2.75) is 26.4 Å². The number of carbonyl (C=O) groups excluding carboxylic acids is 1. The monoisotopic (exact) mass is 236 g/mol. The Bertz CT molecular complexity index is 353. The van der Waals surface area contributed by atoms with Gasteiger partial charge in [-0.15, -0.1) is 0 Å². The van der Waals surface area contributed by atoms with E-state index in [0.717, 1.165) is 11.1 Å². The molecule has 0 bridgehead atoms. The van der Waals surface area contributed by atoms with Crippen LogP contribution in [0, 0.1) is 0 Å². The number of nitrogens with one attached hydrogen (secondary N) is 1. The molecule has 0 aliphatic heterocycles. The van der Waals surface area contributed by atoms with Gasteiger partial charge in [0.2, 0.25) is 5.91 Å². The molecule has 0 unspecified atom stereocenters. The van der Waals surface area contributed by atoms with Crippen LogP contribution in [0.25, 0.3) is 0 Å². The summed E-state index contributed by atoms with van der Waals surface area (Å²) in [5.41, 5.74) is 7.69. The highest BCUT2D eigenvalue weighted by Gasteiger charge is 2.01. The van der Waals surface area contributed by atoms with E-state index >= 15 is 0 Å². The van der Waals surface area contributed by atoms with Gasteiger partial charge < -0.3 is 15.8 Å². The van der Waals surface area contributed by atoms with E-state index in [0.29, 0.717) is 32.7 Å². The summed E-state index contributed by atoms with van der Waals surface area (Å²) >= 11 is 0. The SMILES string of the molecule is CCOCCC(=O)NCc1cccc(CN)c1. The molecular formula is C13H20N2O2. The number of rotatable bonds is 7. The third-order valence-electron chi connectivity index (χ3n) is 2.39. The van der Waals surface area contributed by atoms with Crippen LogP contribution in [-0.4, -0.2) is 19.1 Å². The zero-order valence-corrected chi connectivity index (χ0v) is 10.2. The molecule has 0 aliphatic carbocycles. The van der Waals surface area contributed by atoms with Gasteiger partial charge in [-0.1, -0.05) is 24.3 Å². The summed E-state index contributed by atoms with van der Waals surface area (Å²) in [4.78, 5) is 11.4. The van der Waals surface area contributed by atoms with Crippen LogP contribution >= 0.6 is 0 Å². The van der Waals surface area contributed by atoms with Crippen LogP contribution in [-0.2, 0) is 22.6 Å². The number of hydrogen-bond acceptors (Lipinski definition) is 3. The molecule has 0 saturated carbocycles. The van der Waals surface area contributed by atoms with Crippen molar-refractivity contribution in [2.75, 3.05) is 13.2 Å². The van der Waals surface area contributed by atoms with Crippen molar-refractivity contribution in [3.05, 3.63) is 35.4 Å². The maximum Gasteiger partial charge on any atom is 0.222 e. The molecule has 3 N–H and O–H groups in total. The minimum Gasteiger partial charge on any atom is -0.381 e. The zero-order chi connectivity index (χ0) is 12.5. The quantitative estimate of drug-likeness (QED) is 0.699. The molecule has 94 valence electrons. The number of amides is 1. The van der Waals surface area contributed by atoms with Gasteiger partial charge in [-0.2, -0.15) is 0 Å². The Morgan fingerprint density at radius 3 is 2.88 bits per heavy atom. The van der Waals surface area contributed by atoms with Crippen molar-refractivity contribution in [3.63, 3.8) is 0 Å². The van der Waals surface area contributed by atoms with E-state index in [1.165, 1.54) is 0 Å². The van der Waals surface area contributed by atoms with Gasteiger partial charge in [0.25, 0.3) is 0 Å². The minimum absolute atomic E-state index is 0.0107. The fourth-order valence-corrected chi connectivity index (χ4v) is 1.46. The Kier molecular flexibility index (Phi) is 6.29. The summed E-state index contributed by atoms with van der Waals surface area (Å²) in [6.07, 6.45) is 0.407. The van der Waals surface area contributed by atoms with Gasteiger partial charge in [0.15, 0.2) is 0 Å². The largest absolute Gasteiger partial charge is 0.381 e. The summed E-state index contributed by atoms with van der Waals surface area (Å²) in [5, 5.41) is 2.85. The Hall–Kier alpha value is -1.39. The Morgan fingerprint density at radius 2 is 2.18 bits per heavy atom. The van der Waals surface area contributed by atoms with Crippen molar-refractivity contribution < 1.29 is 9.53 Å². The van der Waals surface area contributed by atoms with E-state index in [1.807, 2.05) is 31.2 Å². The lowest BCUT2D eigenvalue weighted by Crippen LogP contribution is -2.24. The molecule has 0 radical (unpaired) electrons. The fraction of sp³-hybridized carbons (Fsp3) is 0.462. The third-order valence-corrected chi connectivity index (χ3v) is 2.39. The number of benzene rings is 1. The molecule has 4 heteroatoms. The summed E-state index contributed by atoms with van der Waals surface area (Å²) < 4.78 is 5.12. The highest BCUT2D eigenvalue weighted by atomic mass is 16.5. The van der Waals surface area contributed by atoms with Crippen LogP contribution in [0.5, 0.6) is 0 Å².